The fraction of sp³-hybridized carbons (Fsp3) is 0.0500. The first-order valence-electron chi connectivity index (χ1n) is 23.3. The largest absolute Gasteiger partial charge is 0.333 e. The number of hydrogen-bond donors (Lipinski definition) is 0. The highest BCUT2D eigenvalue weighted by atomic mass is 15.3. The van der Waals surface area contributed by atoms with Crippen molar-refractivity contribution in [2.24, 2.45) is 7.05 Å². The van der Waals surface area contributed by atoms with E-state index < -0.39 is 0 Å². The summed E-state index contributed by atoms with van der Waals surface area (Å²) < 4.78 is 11.9. The second kappa shape index (κ2) is 14.0. The van der Waals surface area contributed by atoms with Crippen LogP contribution in [0.15, 0.2) is 206 Å². The zero-order valence-corrected chi connectivity index (χ0v) is 37.0. The van der Waals surface area contributed by atoms with Crippen LogP contribution in [-0.4, -0.2) is 37.8 Å². The molecule has 320 valence electrons. The van der Waals surface area contributed by atoms with Crippen LogP contribution in [0.25, 0.3) is 127 Å². The number of aromatic nitrogens is 8. The summed E-state index contributed by atoms with van der Waals surface area (Å²) in [5, 5.41) is 9.43. The third-order valence-electron chi connectivity index (χ3n) is 14.4. The Hall–Kier alpha value is -9.01. The van der Waals surface area contributed by atoms with E-state index in [0.29, 0.717) is 11.5 Å². The summed E-state index contributed by atoms with van der Waals surface area (Å²) in [4.78, 5) is 16.7. The summed E-state index contributed by atoms with van der Waals surface area (Å²) in [6.45, 7) is 0. The van der Waals surface area contributed by atoms with E-state index in [9.17, 15) is 0 Å². The van der Waals surface area contributed by atoms with Gasteiger partial charge in [-0.1, -0.05) is 164 Å². The van der Waals surface area contributed by atoms with Gasteiger partial charge in [-0.15, -0.1) is 0 Å². The van der Waals surface area contributed by atoms with Crippen molar-refractivity contribution in [2.75, 3.05) is 0 Å². The lowest BCUT2D eigenvalue weighted by atomic mass is 10.1. The molecule has 0 saturated carbocycles. The maximum absolute atomic E-state index is 5.66. The molecule has 15 rings (SSSR count). The molecule has 0 N–H and O–H groups in total. The van der Waals surface area contributed by atoms with E-state index in [0.717, 1.165) is 84.2 Å². The molecule has 14 aromatic rings. The number of allylic oxidation sites excluding steroid dienone is 4. The second-order valence-electron chi connectivity index (χ2n) is 18.0. The number of imidazole rings is 1. The summed E-state index contributed by atoms with van der Waals surface area (Å²) in [6, 6.07) is 65.5. The summed E-state index contributed by atoms with van der Waals surface area (Å²) in [5.74, 6) is 2.14. The molecule has 0 aliphatic heterocycles. The van der Waals surface area contributed by atoms with E-state index in [4.69, 9.17) is 15.0 Å². The Morgan fingerprint density at radius 3 is 1.66 bits per heavy atom. The summed E-state index contributed by atoms with van der Waals surface area (Å²) in [6.07, 6.45) is 9.85. The lowest BCUT2D eigenvalue weighted by Gasteiger charge is -2.18. The van der Waals surface area contributed by atoms with Crippen LogP contribution in [-0.2, 0) is 7.05 Å². The number of rotatable bonds is 5. The van der Waals surface area contributed by atoms with E-state index in [1.54, 1.807) is 0 Å². The molecule has 6 aromatic heterocycles. The minimum atomic E-state index is 0.186. The Kier molecular flexibility index (Phi) is 7.67. The molecular weight excluding hydrogens is 833 g/mol. The first-order valence-corrected chi connectivity index (χ1v) is 23.3. The monoisotopic (exact) mass is 872 g/mol. The summed E-state index contributed by atoms with van der Waals surface area (Å²) in [7, 11) is 2.13. The van der Waals surface area contributed by atoms with Crippen LogP contribution < -0.4 is 0 Å². The first kappa shape index (κ1) is 37.2. The van der Waals surface area contributed by atoms with Gasteiger partial charge in [0.1, 0.15) is 5.52 Å². The summed E-state index contributed by atoms with van der Waals surface area (Å²) in [5.41, 5.74) is 12.5. The van der Waals surface area contributed by atoms with Crippen molar-refractivity contribution in [1.82, 2.24) is 37.8 Å². The number of nitrogens with zero attached hydrogens (tertiary/aromatic N) is 8. The molecule has 8 aromatic carbocycles. The average Bonchev–Trinajstić information content (AvgIpc) is 4.19. The van der Waals surface area contributed by atoms with Crippen molar-refractivity contribution in [2.45, 2.75) is 12.5 Å². The van der Waals surface area contributed by atoms with E-state index in [1.807, 2.05) is 6.07 Å². The van der Waals surface area contributed by atoms with Gasteiger partial charge in [-0.25, -0.2) is 9.97 Å². The molecule has 1 aliphatic rings. The molecule has 6 heterocycles. The Morgan fingerprint density at radius 1 is 0.426 bits per heavy atom. The number of benzene rings is 8. The minimum Gasteiger partial charge on any atom is -0.333 e. The van der Waals surface area contributed by atoms with Gasteiger partial charge in [0.2, 0.25) is 5.95 Å². The molecule has 0 radical (unpaired) electrons. The predicted molar refractivity (Wildman–Crippen MR) is 280 cm³/mol. The van der Waals surface area contributed by atoms with Crippen molar-refractivity contribution < 1.29 is 0 Å². The van der Waals surface area contributed by atoms with E-state index in [2.05, 4.69) is 230 Å². The quantitative estimate of drug-likeness (QED) is 0.173. The lowest BCUT2D eigenvalue weighted by Crippen LogP contribution is -2.08. The Bertz CT molecular complexity index is 4480. The molecule has 1 aliphatic carbocycles. The van der Waals surface area contributed by atoms with Crippen molar-refractivity contribution in [3.8, 4) is 28.8 Å². The third-order valence-corrected chi connectivity index (χ3v) is 14.4. The zero-order valence-electron chi connectivity index (χ0n) is 37.0. The Morgan fingerprint density at radius 2 is 0.985 bits per heavy atom. The number of hydrogen-bond acceptors (Lipinski definition) is 3. The van der Waals surface area contributed by atoms with Gasteiger partial charge in [0.15, 0.2) is 17.3 Å². The number of aryl methyl sites for hydroxylation is 1. The van der Waals surface area contributed by atoms with Gasteiger partial charge in [0.25, 0.3) is 0 Å². The number of para-hydroxylation sites is 5. The first-order chi connectivity index (χ1) is 33.7. The van der Waals surface area contributed by atoms with E-state index >= 15 is 0 Å². The van der Waals surface area contributed by atoms with Crippen LogP contribution in [0.1, 0.15) is 12.5 Å². The van der Waals surface area contributed by atoms with Gasteiger partial charge in [-0.2, -0.15) is 4.98 Å². The topological polar surface area (TPSA) is 63.3 Å². The van der Waals surface area contributed by atoms with E-state index in [-0.39, 0.29) is 6.04 Å². The second-order valence-corrected chi connectivity index (χ2v) is 18.0. The van der Waals surface area contributed by atoms with Crippen LogP contribution in [0.3, 0.4) is 0 Å². The van der Waals surface area contributed by atoms with Crippen LogP contribution in [0.4, 0.5) is 0 Å². The maximum atomic E-state index is 5.66. The molecule has 0 saturated heterocycles. The highest BCUT2D eigenvalue weighted by molar-refractivity contribution is 6.27. The van der Waals surface area contributed by atoms with Gasteiger partial charge >= 0.3 is 0 Å². The SMILES string of the molecule is Cn1c(-n2c3ccccc3c3ccc4c5ccccc5n(-c5ccccc5)c4c32)nc2nc(-c3ccccc3)nc(-n3c4ccccc4c4ccc5c(c6ccccc6n5C5C=CC=CC5)c43)c21. The average molecular weight is 873 g/mol. The van der Waals surface area contributed by atoms with Crippen LogP contribution >= 0.6 is 0 Å². The number of fused-ring (bicyclic) bond motifs is 15. The third kappa shape index (κ3) is 5.00. The van der Waals surface area contributed by atoms with Crippen molar-refractivity contribution in [3.63, 3.8) is 0 Å². The minimum absolute atomic E-state index is 0.186. The molecule has 0 spiro atoms. The maximum Gasteiger partial charge on any atom is 0.217 e. The zero-order chi connectivity index (χ0) is 44.6. The van der Waals surface area contributed by atoms with Crippen LogP contribution in [0.2, 0.25) is 0 Å². The normalized spacial score (nSPS) is 14.2. The Balaban J connectivity index is 1.11. The van der Waals surface area contributed by atoms with Gasteiger partial charge in [-0.05, 0) is 48.9 Å². The molecule has 0 amide bonds. The fourth-order valence-electron chi connectivity index (χ4n) is 11.6. The molecule has 68 heavy (non-hydrogen) atoms. The van der Waals surface area contributed by atoms with Gasteiger partial charge < -0.3 is 13.7 Å². The summed E-state index contributed by atoms with van der Waals surface area (Å²) >= 11 is 0. The Labute approximate surface area is 389 Å². The van der Waals surface area contributed by atoms with Crippen molar-refractivity contribution >= 4 is 98.4 Å². The van der Waals surface area contributed by atoms with Gasteiger partial charge in [0.05, 0.1) is 44.7 Å². The highest BCUT2D eigenvalue weighted by Crippen LogP contribution is 2.45. The molecule has 1 unspecified atom stereocenters. The lowest BCUT2D eigenvalue weighted by molar-refractivity contribution is 0.648. The standard InChI is InChI=1S/C60H40N8/c1-64-56-58(63-60(64)68-49-31-17-13-27-42(49)45-34-33-44-41-26-11-15-29-47(41)66(54(44)55(45)68)39-23-9-4-10-24-39)61-57(37-19-5-2-6-20-37)62-59(56)67-48-30-16-12-25-40(48)43-35-36-51-52(53(43)67)46-28-14-18-32-50(46)65(51)38-21-7-3-8-22-38/h2-21,23-36,38H,22H2,1H3. The predicted octanol–water partition coefficient (Wildman–Crippen LogP) is 14.5. The molecule has 0 bridgehead atoms. The highest BCUT2D eigenvalue weighted by Gasteiger charge is 2.29. The molecular formula is C60H40N8. The van der Waals surface area contributed by atoms with Crippen LogP contribution in [0.5, 0.6) is 0 Å². The smallest absolute Gasteiger partial charge is 0.217 e. The fourth-order valence-corrected chi connectivity index (χ4v) is 11.6. The van der Waals surface area contributed by atoms with E-state index in [1.165, 1.54) is 38.0 Å². The molecule has 1 atom stereocenters. The van der Waals surface area contributed by atoms with Crippen molar-refractivity contribution in [3.05, 3.63) is 206 Å². The molecule has 0 fully saturated rings. The van der Waals surface area contributed by atoms with Gasteiger partial charge in [-0.3, -0.25) is 9.13 Å². The molecule has 8 heteroatoms. The molecule has 8 nitrogen and oxygen atoms in total. The van der Waals surface area contributed by atoms with Crippen LogP contribution in [0, 0.1) is 0 Å². The van der Waals surface area contributed by atoms with Gasteiger partial charge in [0, 0.05) is 66.9 Å². The van der Waals surface area contributed by atoms with Crippen molar-refractivity contribution in [1.29, 1.82) is 0 Å².